The molecular weight excluding hydrogens is 422 g/mol. The molecule has 9 heteroatoms. The zero-order valence-electron chi connectivity index (χ0n) is 19.8. The molecule has 1 aromatic carbocycles. The quantitative estimate of drug-likeness (QED) is 0.563. The fraction of sp³-hybridized carbons (Fsp3) is 0.542. The number of carbonyl (C=O) groups is 1. The SMILES string of the molecule is CCCCn1c(N)c(N(CCOC)C(=O)CN(C)C2CCCc3ccccc32)c(=O)[nH]c1=O. The minimum atomic E-state index is -0.666. The maximum atomic E-state index is 13.5. The Balaban J connectivity index is 1.90. The van der Waals surface area contributed by atoms with Crippen molar-refractivity contribution in [3.05, 3.63) is 56.2 Å². The number of likely N-dealkylation sites (N-methyl/N-ethyl adjacent to an activating group) is 1. The maximum Gasteiger partial charge on any atom is 0.330 e. The molecule has 1 aliphatic carbocycles. The molecule has 1 amide bonds. The van der Waals surface area contributed by atoms with Gasteiger partial charge in [0.15, 0.2) is 5.69 Å². The van der Waals surface area contributed by atoms with Crippen molar-refractivity contribution in [3.8, 4) is 0 Å². The van der Waals surface area contributed by atoms with Crippen LogP contribution in [0.25, 0.3) is 0 Å². The standard InChI is InChI=1S/C24H35N5O4/c1-4-5-13-29-22(25)21(23(31)26-24(29)32)28(14-15-33-3)20(30)16-27(2)19-12-8-10-17-9-6-7-11-18(17)19/h6-7,9,11,19H,4-5,8,10,12-16,25H2,1-3H3,(H,26,31,32). The lowest BCUT2D eigenvalue weighted by Crippen LogP contribution is -2.46. The first kappa shape index (κ1) is 24.7. The van der Waals surface area contributed by atoms with Gasteiger partial charge in [-0.3, -0.25) is 24.0 Å². The lowest BCUT2D eigenvalue weighted by Gasteiger charge is -2.34. The monoisotopic (exact) mass is 457 g/mol. The molecule has 9 nitrogen and oxygen atoms in total. The van der Waals surface area contributed by atoms with Crippen LogP contribution in [0.3, 0.4) is 0 Å². The fourth-order valence-corrected chi connectivity index (χ4v) is 4.52. The van der Waals surface area contributed by atoms with Crippen molar-refractivity contribution >= 4 is 17.4 Å². The van der Waals surface area contributed by atoms with E-state index in [9.17, 15) is 14.4 Å². The van der Waals surface area contributed by atoms with Gasteiger partial charge in [0.05, 0.1) is 13.2 Å². The number of anilines is 2. The molecule has 1 aromatic heterocycles. The minimum absolute atomic E-state index is 0.00481. The van der Waals surface area contributed by atoms with Crippen molar-refractivity contribution in [2.24, 2.45) is 0 Å². The number of hydrogen-bond acceptors (Lipinski definition) is 6. The summed E-state index contributed by atoms with van der Waals surface area (Å²) in [6, 6.07) is 8.45. The van der Waals surface area contributed by atoms with Crippen molar-refractivity contribution < 1.29 is 9.53 Å². The zero-order chi connectivity index (χ0) is 24.0. The van der Waals surface area contributed by atoms with E-state index in [1.54, 1.807) is 0 Å². The largest absolute Gasteiger partial charge is 0.383 e. The van der Waals surface area contributed by atoms with Crippen LogP contribution < -0.4 is 21.9 Å². The number of ether oxygens (including phenoxy) is 1. The highest BCUT2D eigenvalue weighted by Gasteiger charge is 2.29. The van der Waals surface area contributed by atoms with Gasteiger partial charge in [0.25, 0.3) is 5.56 Å². The number of carbonyl (C=O) groups excluding carboxylic acids is 1. The number of amides is 1. The van der Waals surface area contributed by atoms with Gasteiger partial charge < -0.3 is 15.4 Å². The number of aromatic nitrogens is 2. The molecular formula is C24H35N5O4. The number of nitrogens with two attached hydrogens (primary N) is 1. The Labute approximate surface area is 194 Å². The molecule has 1 unspecified atom stereocenters. The first-order chi connectivity index (χ1) is 15.9. The van der Waals surface area contributed by atoms with E-state index < -0.39 is 11.2 Å². The molecule has 0 fully saturated rings. The second kappa shape index (κ2) is 11.3. The summed E-state index contributed by atoms with van der Waals surface area (Å²) in [5.74, 6) is -0.261. The molecule has 3 rings (SSSR count). The Hall–Kier alpha value is -2.91. The molecule has 0 saturated heterocycles. The van der Waals surface area contributed by atoms with Crippen molar-refractivity contribution in [3.63, 3.8) is 0 Å². The summed E-state index contributed by atoms with van der Waals surface area (Å²) in [7, 11) is 3.46. The first-order valence-corrected chi connectivity index (χ1v) is 11.6. The normalized spacial score (nSPS) is 15.5. The summed E-state index contributed by atoms with van der Waals surface area (Å²) in [5.41, 5.74) is 7.60. The van der Waals surface area contributed by atoms with Crippen LogP contribution >= 0.6 is 0 Å². The highest BCUT2D eigenvalue weighted by molar-refractivity contribution is 5.96. The van der Waals surface area contributed by atoms with E-state index in [0.29, 0.717) is 6.54 Å². The predicted molar refractivity (Wildman–Crippen MR) is 130 cm³/mol. The smallest absolute Gasteiger partial charge is 0.330 e. The Morgan fingerprint density at radius 3 is 2.79 bits per heavy atom. The molecule has 0 saturated carbocycles. The zero-order valence-corrected chi connectivity index (χ0v) is 19.8. The third kappa shape index (κ3) is 5.54. The predicted octanol–water partition coefficient (Wildman–Crippen LogP) is 1.91. The molecule has 3 N–H and O–H groups in total. The second-order valence-electron chi connectivity index (χ2n) is 8.56. The van der Waals surface area contributed by atoms with Crippen LogP contribution in [-0.2, 0) is 22.5 Å². The lowest BCUT2D eigenvalue weighted by molar-refractivity contribution is -0.120. The molecule has 1 heterocycles. The van der Waals surface area contributed by atoms with Crippen LogP contribution in [0, 0.1) is 0 Å². The van der Waals surface area contributed by atoms with Gasteiger partial charge in [-0.15, -0.1) is 0 Å². The van der Waals surface area contributed by atoms with Gasteiger partial charge in [-0.1, -0.05) is 37.6 Å². The van der Waals surface area contributed by atoms with Crippen LogP contribution in [0.5, 0.6) is 0 Å². The Kier molecular flexibility index (Phi) is 8.46. The summed E-state index contributed by atoms with van der Waals surface area (Å²) in [6.07, 6.45) is 4.65. The fourth-order valence-electron chi connectivity index (χ4n) is 4.52. The number of nitrogens with zero attached hydrogens (tertiary/aromatic N) is 3. The molecule has 2 aromatic rings. The molecule has 0 aliphatic heterocycles. The van der Waals surface area contributed by atoms with E-state index in [1.165, 1.54) is 27.7 Å². The highest BCUT2D eigenvalue weighted by atomic mass is 16.5. The summed E-state index contributed by atoms with van der Waals surface area (Å²) in [5, 5.41) is 0. The maximum absolute atomic E-state index is 13.5. The third-order valence-electron chi connectivity index (χ3n) is 6.29. The Morgan fingerprint density at radius 2 is 2.06 bits per heavy atom. The number of benzene rings is 1. The highest BCUT2D eigenvalue weighted by Crippen LogP contribution is 2.33. The van der Waals surface area contributed by atoms with Gasteiger partial charge in [0.2, 0.25) is 5.91 Å². The van der Waals surface area contributed by atoms with Crippen LogP contribution in [0.4, 0.5) is 11.5 Å². The number of rotatable bonds is 10. The van der Waals surface area contributed by atoms with Crippen molar-refractivity contribution in [1.82, 2.24) is 14.5 Å². The molecule has 33 heavy (non-hydrogen) atoms. The molecule has 0 radical (unpaired) electrons. The minimum Gasteiger partial charge on any atom is -0.383 e. The van der Waals surface area contributed by atoms with Crippen molar-refractivity contribution in [2.45, 2.75) is 51.6 Å². The summed E-state index contributed by atoms with van der Waals surface area (Å²) in [6.45, 7) is 2.87. The molecule has 1 atom stereocenters. The van der Waals surface area contributed by atoms with Gasteiger partial charge in [0.1, 0.15) is 5.82 Å². The molecule has 0 spiro atoms. The number of hydrogen-bond donors (Lipinski definition) is 2. The van der Waals surface area contributed by atoms with E-state index in [-0.39, 0.29) is 43.2 Å². The molecule has 180 valence electrons. The van der Waals surface area contributed by atoms with Crippen LogP contribution in [0.2, 0.25) is 0 Å². The van der Waals surface area contributed by atoms with Gasteiger partial charge in [-0.2, -0.15) is 0 Å². The van der Waals surface area contributed by atoms with E-state index in [1.807, 2.05) is 31.0 Å². The number of aryl methyl sites for hydroxylation is 1. The van der Waals surface area contributed by atoms with E-state index in [4.69, 9.17) is 10.5 Å². The van der Waals surface area contributed by atoms with Gasteiger partial charge in [-0.25, -0.2) is 4.79 Å². The molecule has 0 bridgehead atoms. The summed E-state index contributed by atoms with van der Waals surface area (Å²) < 4.78 is 6.51. The van der Waals surface area contributed by atoms with Crippen LogP contribution in [0.1, 0.15) is 49.8 Å². The topological polar surface area (TPSA) is 114 Å². The Bertz CT molecular complexity index is 1080. The first-order valence-electron chi connectivity index (χ1n) is 11.6. The van der Waals surface area contributed by atoms with Crippen LogP contribution in [0.15, 0.2) is 33.9 Å². The van der Waals surface area contributed by atoms with Gasteiger partial charge in [-0.05, 0) is 43.9 Å². The number of aromatic amines is 1. The lowest BCUT2D eigenvalue weighted by atomic mass is 9.87. The van der Waals surface area contributed by atoms with E-state index >= 15 is 0 Å². The van der Waals surface area contributed by atoms with Gasteiger partial charge >= 0.3 is 5.69 Å². The number of methoxy groups -OCH3 is 1. The molecule has 1 aliphatic rings. The van der Waals surface area contributed by atoms with E-state index in [0.717, 1.165) is 32.1 Å². The average Bonchev–Trinajstić information content (AvgIpc) is 2.80. The number of fused-ring (bicyclic) bond motifs is 1. The number of nitrogen functional groups attached to an aromatic ring is 1. The second-order valence-corrected chi connectivity index (χ2v) is 8.56. The number of nitrogens with one attached hydrogen (secondary N) is 1. The van der Waals surface area contributed by atoms with E-state index in [2.05, 4.69) is 17.1 Å². The van der Waals surface area contributed by atoms with Gasteiger partial charge in [0, 0.05) is 26.2 Å². The summed E-state index contributed by atoms with van der Waals surface area (Å²) in [4.78, 5) is 44.2. The third-order valence-corrected chi connectivity index (χ3v) is 6.29. The Morgan fingerprint density at radius 1 is 1.30 bits per heavy atom. The van der Waals surface area contributed by atoms with Crippen molar-refractivity contribution in [2.75, 3.05) is 44.5 Å². The number of H-pyrrole nitrogens is 1. The summed E-state index contributed by atoms with van der Waals surface area (Å²) >= 11 is 0. The van der Waals surface area contributed by atoms with Crippen molar-refractivity contribution in [1.29, 1.82) is 0 Å². The number of unbranched alkanes of at least 4 members (excludes halogenated alkanes) is 1. The van der Waals surface area contributed by atoms with Crippen LogP contribution in [-0.4, -0.2) is 54.2 Å². The average molecular weight is 458 g/mol.